The summed E-state index contributed by atoms with van der Waals surface area (Å²) < 4.78 is 3.35. The lowest BCUT2D eigenvalue weighted by Crippen LogP contribution is -2.34. The number of benzene rings is 1. The van der Waals surface area contributed by atoms with Gasteiger partial charge in [-0.15, -0.1) is 0 Å². The molecule has 4 nitrogen and oxygen atoms in total. The maximum atomic E-state index is 4.87. The second kappa shape index (κ2) is 7.51. The number of anilines is 1. The van der Waals surface area contributed by atoms with Gasteiger partial charge in [0, 0.05) is 23.8 Å². The van der Waals surface area contributed by atoms with E-state index in [1.807, 2.05) is 6.92 Å². The highest BCUT2D eigenvalue weighted by atomic mass is 79.9. The molecule has 0 unspecified atom stereocenters. The second-order valence-corrected chi connectivity index (χ2v) is 8.84. The number of hydrogen-bond acceptors (Lipinski definition) is 3. The normalized spacial score (nSPS) is 15.6. The zero-order chi connectivity index (χ0) is 20.0. The Labute approximate surface area is 176 Å². The van der Waals surface area contributed by atoms with Crippen LogP contribution in [0.4, 0.5) is 5.82 Å². The number of nitrogens with zero attached hydrogens (tertiary/aromatic N) is 4. The van der Waals surface area contributed by atoms with Gasteiger partial charge in [-0.25, -0.2) is 9.97 Å². The van der Waals surface area contributed by atoms with Crippen molar-refractivity contribution in [2.75, 3.05) is 18.0 Å². The molecule has 0 aliphatic carbocycles. The summed E-state index contributed by atoms with van der Waals surface area (Å²) in [6.45, 7) is 14.5. The summed E-state index contributed by atoms with van der Waals surface area (Å²) in [6.07, 6.45) is 6.58. The lowest BCUT2D eigenvalue weighted by Gasteiger charge is -2.32. The summed E-state index contributed by atoms with van der Waals surface area (Å²) in [4.78, 5) is 12.2. The zero-order valence-corrected chi connectivity index (χ0v) is 18.7. The third-order valence-corrected chi connectivity index (χ3v) is 6.25. The van der Waals surface area contributed by atoms with Gasteiger partial charge >= 0.3 is 0 Å². The van der Waals surface area contributed by atoms with E-state index in [2.05, 4.69) is 77.8 Å². The van der Waals surface area contributed by atoms with Crippen molar-refractivity contribution in [3.05, 3.63) is 58.7 Å². The van der Waals surface area contributed by atoms with Gasteiger partial charge in [0.05, 0.1) is 11.1 Å². The van der Waals surface area contributed by atoms with Crippen molar-refractivity contribution in [3.8, 4) is 5.69 Å². The molecule has 1 fully saturated rings. The number of piperidine rings is 1. The molecule has 0 amide bonds. The molecular weight excluding hydrogens is 412 g/mol. The second-order valence-electron chi connectivity index (χ2n) is 7.92. The summed E-state index contributed by atoms with van der Waals surface area (Å²) in [5, 5.41) is 1.17. The van der Waals surface area contributed by atoms with E-state index in [4.69, 9.17) is 9.97 Å². The van der Waals surface area contributed by atoms with Gasteiger partial charge in [0.25, 0.3) is 0 Å². The largest absolute Gasteiger partial charge is 0.356 e. The van der Waals surface area contributed by atoms with E-state index in [0.29, 0.717) is 5.92 Å². The first-order valence-corrected chi connectivity index (χ1v) is 10.7. The van der Waals surface area contributed by atoms with E-state index in [1.165, 1.54) is 27.8 Å². The molecule has 0 saturated carbocycles. The van der Waals surface area contributed by atoms with Gasteiger partial charge < -0.3 is 9.47 Å². The molecule has 2 aromatic heterocycles. The van der Waals surface area contributed by atoms with Crippen LogP contribution in [0, 0.1) is 47.0 Å². The van der Waals surface area contributed by atoms with Crippen molar-refractivity contribution < 1.29 is 0 Å². The first-order valence-electron chi connectivity index (χ1n) is 9.90. The molecule has 1 saturated heterocycles. The molecule has 0 N–H and O–H groups in total. The first-order chi connectivity index (χ1) is 13.4. The van der Waals surface area contributed by atoms with Crippen LogP contribution in [0.15, 0.2) is 22.8 Å². The number of aryl methyl sites for hydroxylation is 4. The van der Waals surface area contributed by atoms with E-state index in [1.54, 1.807) is 0 Å². The summed E-state index contributed by atoms with van der Waals surface area (Å²) in [5.41, 5.74) is 5.88. The van der Waals surface area contributed by atoms with E-state index >= 15 is 0 Å². The third kappa shape index (κ3) is 3.34. The number of fused-ring (bicyclic) bond motifs is 1. The number of aromatic nitrogens is 3. The zero-order valence-electron chi connectivity index (χ0n) is 17.1. The summed E-state index contributed by atoms with van der Waals surface area (Å²) >= 11 is 3.61. The molecule has 5 heteroatoms. The van der Waals surface area contributed by atoms with Crippen molar-refractivity contribution in [1.82, 2.24) is 14.5 Å². The van der Waals surface area contributed by atoms with Crippen molar-refractivity contribution in [2.45, 2.75) is 40.5 Å². The molecule has 2 radical (unpaired) electrons. The Morgan fingerprint density at radius 2 is 1.68 bits per heavy atom. The smallest absolute Gasteiger partial charge is 0.150 e. The standard InChI is InChI=1S/C23H27BrN4/c1-6-18-7-9-27(10-8-18)22-20-16(4)13-28(23(20)26-17(5)25-22)21-14(2)11-19(24)12-15(21)3/h6,11-13,18H,1,7-10H2,2-5H3. The van der Waals surface area contributed by atoms with Crippen LogP contribution in [0.2, 0.25) is 0 Å². The average molecular weight is 439 g/mol. The van der Waals surface area contributed by atoms with Gasteiger partial charge in [0.2, 0.25) is 0 Å². The highest BCUT2D eigenvalue weighted by molar-refractivity contribution is 9.10. The molecule has 0 atom stereocenters. The van der Waals surface area contributed by atoms with Crippen LogP contribution in [-0.2, 0) is 0 Å². The lowest BCUT2D eigenvalue weighted by molar-refractivity contribution is 0.459. The van der Waals surface area contributed by atoms with Crippen LogP contribution in [0.25, 0.3) is 16.7 Å². The predicted molar refractivity (Wildman–Crippen MR) is 120 cm³/mol. The minimum atomic E-state index is 0.619. The van der Waals surface area contributed by atoms with Gasteiger partial charge in [0.1, 0.15) is 11.6 Å². The van der Waals surface area contributed by atoms with Crippen molar-refractivity contribution in [3.63, 3.8) is 0 Å². The van der Waals surface area contributed by atoms with Crippen LogP contribution in [-0.4, -0.2) is 27.6 Å². The van der Waals surface area contributed by atoms with Crippen molar-refractivity contribution in [1.29, 1.82) is 0 Å². The molecule has 3 heterocycles. The SMILES string of the molecule is [CH2][CH]C1CCN(c2nc(C)nc3c2c(C)cn3-c2c(C)cc(Br)cc2C)CC1. The molecule has 3 aromatic rings. The monoisotopic (exact) mass is 438 g/mol. The van der Waals surface area contributed by atoms with Crippen molar-refractivity contribution >= 4 is 32.8 Å². The minimum absolute atomic E-state index is 0.619. The molecule has 4 rings (SSSR count). The Hall–Kier alpha value is -1.88. The Balaban J connectivity index is 1.88. The number of rotatable bonds is 3. The van der Waals surface area contributed by atoms with Gasteiger partial charge in [-0.1, -0.05) is 15.9 Å². The van der Waals surface area contributed by atoms with Crippen LogP contribution >= 0.6 is 15.9 Å². The van der Waals surface area contributed by atoms with Crippen molar-refractivity contribution in [2.24, 2.45) is 5.92 Å². The highest BCUT2D eigenvalue weighted by Gasteiger charge is 2.24. The highest BCUT2D eigenvalue weighted by Crippen LogP contribution is 2.35. The molecule has 28 heavy (non-hydrogen) atoms. The van der Waals surface area contributed by atoms with E-state index in [0.717, 1.165) is 47.7 Å². The Morgan fingerprint density at radius 1 is 1.04 bits per heavy atom. The molecule has 146 valence electrons. The maximum absolute atomic E-state index is 4.87. The predicted octanol–water partition coefficient (Wildman–Crippen LogP) is 5.67. The fourth-order valence-electron chi connectivity index (χ4n) is 4.42. The molecule has 0 spiro atoms. The summed E-state index contributed by atoms with van der Waals surface area (Å²) in [6, 6.07) is 4.33. The van der Waals surface area contributed by atoms with Gasteiger partial charge in [-0.3, -0.25) is 0 Å². The lowest BCUT2D eigenvalue weighted by atomic mass is 9.94. The number of halogens is 1. The molecule has 1 aliphatic heterocycles. The topological polar surface area (TPSA) is 34.0 Å². The quantitative estimate of drug-likeness (QED) is 0.527. The molecule has 1 aliphatic rings. The van der Waals surface area contributed by atoms with Crippen LogP contribution in [0.5, 0.6) is 0 Å². The van der Waals surface area contributed by atoms with Gasteiger partial charge in [-0.05, 0) is 88.6 Å². The summed E-state index contributed by atoms with van der Waals surface area (Å²) in [5.74, 6) is 2.52. The molecule has 1 aromatic carbocycles. The molecular formula is C23H27BrN4. The van der Waals surface area contributed by atoms with E-state index in [-0.39, 0.29) is 0 Å². The fraction of sp³-hybridized carbons (Fsp3) is 0.391. The van der Waals surface area contributed by atoms with E-state index < -0.39 is 0 Å². The van der Waals surface area contributed by atoms with E-state index in [9.17, 15) is 0 Å². The maximum Gasteiger partial charge on any atom is 0.150 e. The van der Waals surface area contributed by atoms with Crippen LogP contribution in [0.3, 0.4) is 0 Å². The Kier molecular flexibility index (Phi) is 5.21. The fourth-order valence-corrected chi connectivity index (χ4v) is 5.11. The van der Waals surface area contributed by atoms with Gasteiger partial charge in [-0.2, -0.15) is 0 Å². The average Bonchev–Trinajstić information content (AvgIpc) is 2.96. The van der Waals surface area contributed by atoms with Crippen LogP contribution in [0.1, 0.15) is 35.4 Å². The Bertz CT molecular complexity index is 1010. The minimum Gasteiger partial charge on any atom is -0.356 e. The third-order valence-electron chi connectivity index (χ3n) is 5.80. The number of hydrogen-bond donors (Lipinski definition) is 0. The summed E-state index contributed by atoms with van der Waals surface area (Å²) in [7, 11) is 0. The Morgan fingerprint density at radius 3 is 2.29 bits per heavy atom. The first kappa shape index (κ1) is 19.4. The van der Waals surface area contributed by atoms with Crippen LogP contribution < -0.4 is 4.90 Å². The van der Waals surface area contributed by atoms with Gasteiger partial charge in [0.15, 0.2) is 5.65 Å². The molecule has 0 bridgehead atoms.